The molecule has 5 nitrogen and oxygen atoms in total. The van der Waals surface area contributed by atoms with Gasteiger partial charge >= 0.3 is 0 Å². The number of hydrogen-bond acceptors (Lipinski definition) is 4. The van der Waals surface area contributed by atoms with Gasteiger partial charge in [0.05, 0.1) is 0 Å². The first kappa shape index (κ1) is 49.1. The molecule has 2 aliphatic heterocycles. The number of hydrogen-bond donors (Lipinski definition) is 0. The minimum atomic E-state index is -2.38. The van der Waals surface area contributed by atoms with Crippen molar-refractivity contribution in [3.05, 3.63) is 242 Å². The van der Waals surface area contributed by atoms with Crippen molar-refractivity contribution >= 4 is 68.2 Å². The molecule has 9 aromatic carbocycles. The number of ether oxygens (including phenoxy) is 1. The van der Waals surface area contributed by atoms with Gasteiger partial charge in [-0.05, 0) is 102 Å². The van der Waals surface area contributed by atoms with E-state index in [0.717, 1.165) is 67.1 Å². The van der Waals surface area contributed by atoms with Gasteiger partial charge in [0.2, 0.25) is 0 Å². The molecule has 0 spiro atoms. The Morgan fingerprint density at radius 2 is 1.05 bits per heavy atom. The predicted octanol–water partition coefficient (Wildman–Crippen LogP) is 16.0. The van der Waals surface area contributed by atoms with Gasteiger partial charge in [0.1, 0.15) is 13.9 Å². The van der Waals surface area contributed by atoms with Crippen LogP contribution in [0, 0.1) is 18.8 Å². The van der Waals surface area contributed by atoms with Crippen LogP contribution in [0.4, 0.5) is 22.7 Å². The Labute approximate surface area is 462 Å². The van der Waals surface area contributed by atoms with Gasteiger partial charge in [-0.15, -0.1) is 53.6 Å². The number of pyridine rings is 1. The summed E-state index contributed by atoms with van der Waals surface area (Å²) in [5.74, 6) is 2.07. The standard InChI is InChI=1S/C69H57N4OSi.Pt/c1-68(2,3)48-38-50(71-45-72(62-31-19-18-30-61(62)71)67-58(46-22-10-8-11-23-46)40-49(69(4,5)6)41-59(67)47-24-12-9-13-25-47)42-52(39-48)74-51-34-35-55-54-26-14-17-29-60(54)73(63(55)43-51)66-44-53(36-37-70-66)75(7)64-32-20-15-27-56(64)57-28-16-21-33-65(57)75;/h8-41,44-45H,1-7H3;/q-3;. The Hall–Kier alpha value is -7.76. The number of fused-ring (bicyclic) bond motifs is 7. The van der Waals surface area contributed by atoms with Crippen LogP contribution in [0.5, 0.6) is 11.5 Å². The molecule has 4 heterocycles. The van der Waals surface area contributed by atoms with E-state index < -0.39 is 8.07 Å². The third-order valence-corrected chi connectivity index (χ3v) is 20.0. The zero-order valence-corrected chi connectivity index (χ0v) is 47.1. The van der Waals surface area contributed by atoms with Crippen molar-refractivity contribution < 1.29 is 25.8 Å². The van der Waals surface area contributed by atoms with Crippen molar-refractivity contribution in [2.45, 2.75) is 58.9 Å². The van der Waals surface area contributed by atoms with E-state index in [4.69, 9.17) is 9.72 Å². The number of para-hydroxylation sites is 3. The molecule has 0 saturated heterocycles. The molecule has 0 amide bonds. The number of benzene rings is 9. The summed E-state index contributed by atoms with van der Waals surface area (Å²) in [6.07, 6.45) is 1.99. The van der Waals surface area contributed by atoms with Crippen LogP contribution in [0.15, 0.2) is 212 Å². The van der Waals surface area contributed by atoms with Crippen LogP contribution < -0.4 is 30.1 Å². The summed E-state index contributed by atoms with van der Waals surface area (Å²) in [4.78, 5) is 9.76. The minimum absolute atomic E-state index is 0. The van der Waals surface area contributed by atoms with E-state index in [1.165, 1.54) is 43.4 Å². The first-order valence-electron chi connectivity index (χ1n) is 26.0. The fourth-order valence-corrected chi connectivity index (χ4v) is 15.6. The molecule has 0 saturated carbocycles. The monoisotopic (exact) mass is 1180 g/mol. The van der Waals surface area contributed by atoms with Crippen molar-refractivity contribution in [1.82, 2.24) is 9.55 Å². The average Bonchev–Trinajstić information content (AvgIpc) is 4.23. The maximum atomic E-state index is 7.01. The zero-order chi connectivity index (χ0) is 51.2. The van der Waals surface area contributed by atoms with Gasteiger partial charge in [0, 0.05) is 72.5 Å². The van der Waals surface area contributed by atoms with Crippen molar-refractivity contribution in [3.8, 4) is 50.7 Å². The van der Waals surface area contributed by atoms with Crippen LogP contribution in [0.2, 0.25) is 6.55 Å². The second-order valence-electron chi connectivity index (χ2n) is 22.3. The second kappa shape index (κ2) is 18.8. The second-order valence-corrected chi connectivity index (χ2v) is 26.2. The van der Waals surface area contributed by atoms with E-state index in [9.17, 15) is 0 Å². The van der Waals surface area contributed by atoms with Crippen LogP contribution >= 0.6 is 0 Å². The largest absolute Gasteiger partial charge is 0.509 e. The van der Waals surface area contributed by atoms with Crippen LogP contribution in [-0.4, -0.2) is 17.6 Å². The smallest absolute Gasteiger partial charge is 0.147 e. The first-order chi connectivity index (χ1) is 36.3. The van der Waals surface area contributed by atoms with E-state index in [1.807, 2.05) is 12.3 Å². The number of anilines is 4. The zero-order valence-electron chi connectivity index (χ0n) is 43.8. The molecule has 13 rings (SSSR count). The maximum Gasteiger partial charge on any atom is 0.147 e. The van der Waals surface area contributed by atoms with Gasteiger partial charge in [-0.3, -0.25) is 0 Å². The summed E-state index contributed by atoms with van der Waals surface area (Å²) >= 11 is 0. The Morgan fingerprint density at radius 3 is 1.68 bits per heavy atom. The van der Waals surface area contributed by atoms with Crippen LogP contribution in [0.3, 0.4) is 0 Å². The molecule has 376 valence electrons. The van der Waals surface area contributed by atoms with Crippen molar-refractivity contribution in [1.29, 1.82) is 0 Å². The molecular weight excluding hydrogens is 1120 g/mol. The van der Waals surface area contributed by atoms with Crippen LogP contribution in [0.1, 0.15) is 52.7 Å². The third kappa shape index (κ3) is 8.21. The molecule has 7 heteroatoms. The Morgan fingerprint density at radius 1 is 0.500 bits per heavy atom. The fraction of sp³-hybridized carbons (Fsp3) is 0.130. The topological polar surface area (TPSA) is 33.5 Å². The maximum absolute atomic E-state index is 7.01. The van der Waals surface area contributed by atoms with Gasteiger partial charge in [-0.2, -0.15) is 6.07 Å². The third-order valence-electron chi connectivity index (χ3n) is 15.5. The van der Waals surface area contributed by atoms with Gasteiger partial charge in [-0.25, -0.2) is 4.98 Å². The Balaban J connectivity index is 0.00000582. The summed E-state index contributed by atoms with van der Waals surface area (Å²) in [5.41, 5.74) is 15.6. The SMILES string of the molecule is CC(C)(C)c1cc(Oc2[c-]c3c(cc2)c2ccccc2n3-c2cc([Si]3(C)c4ccccc4-c4ccccc43)ccn2)[c-]c(N2[CH-]N(c3c(-c4ccccc4)cc(C(C)(C)C)cc3-c3ccccc3)c3ccccc32)c1.[Pt]. The molecule has 0 radical (unpaired) electrons. The minimum Gasteiger partial charge on any atom is -0.509 e. The van der Waals surface area contributed by atoms with Gasteiger partial charge < -0.3 is 19.1 Å². The fourth-order valence-electron chi connectivity index (χ4n) is 11.5. The summed E-state index contributed by atoms with van der Waals surface area (Å²) < 4.78 is 9.28. The number of aromatic nitrogens is 2. The van der Waals surface area contributed by atoms with Crippen molar-refractivity contribution in [3.63, 3.8) is 0 Å². The van der Waals surface area contributed by atoms with Gasteiger partial charge in [-0.1, -0.05) is 193 Å². The average molecular weight is 1180 g/mol. The molecule has 2 aromatic heterocycles. The van der Waals surface area contributed by atoms with Crippen LogP contribution in [-0.2, 0) is 31.9 Å². The van der Waals surface area contributed by atoms with Crippen molar-refractivity contribution in [2.24, 2.45) is 0 Å². The molecule has 0 aliphatic carbocycles. The molecule has 0 N–H and O–H groups in total. The molecule has 11 aromatic rings. The molecular formula is C69H57N4OPtSi-3. The summed E-state index contributed by atoms with van der Waals surface area (Å²) in [7, 11) is -2.38. The van der Waals surface area contributed by atoms with Crippen molar-refractivity contribution in [2.75, 3.05) is 9.80 Å². The van der Waals surface area contributed by atoms with Gasteiger partial charge in [0.25, 0.3) is 0 Å². The summed E-state index contributed by atoms with van der Waals surface area (Å²) in [6.45, 7) is 18.4. The molecule has 0 fully saturated rings. The normalized spacial score (nSPS) is 13.6. The van der Waals surface area contributed by atoms with Gasteiger partial charge in [0.15, 0.2) is 0 Å². The Kier molecular flexibility index (Phi) is 12.2. The van der Waals surface area contributed by atoms with E-state index in [-0.39, 0.29) is 31.9 Å². The first-order valence-corrected chi connectivity index (χ1v) is 28.5. The van der Waals surface area contributed by atoms with E-state index in [0.29, 0.717) is 11.5 Å². The molecule has 0 atom stereocenters. The number of nitrogens with zero attached hydrogens (tertiary/aromatic N) is 4. The molecule has 2 aliphatic rings. The van der Waals surface area contributed by atoms with Crippen LogP contribution in [0.25, 0.3) is 61.0 Å². The molecule has 0 bridgehead atoms. The Bertz CT molecular complexity index is 3920. The molecule has 0 unspecified atom stereocenters. The summed E-state index contributed by atoms with van der Waals surface area (Å²) in [6, 6.07) is 82.3. The van der Waals surface area contributed by atoms with E-state index in [1.54, 1.807) is 0 Å². The predicted molar refractivity (Wildman–Crippen MR) is 315 cm³/mol. The summed E-state index contributed by atoms with van der Waals surface area (Å²) in [5, 5.41) is 6.41. The van der Waals surface area contributed by atoms with E-state index >= 15 is 0 Å². The van der Waals surface area contributed by atoms with E-state index in [2.05, 4.69) is 281 Å². The number of rotatable bonds is 8. The quantitative estimate of drug-likeness (QED) is 0.112. The molecule has 76 heavy (non-hydrogen) atoms.